The molecular weight excluding hydrogens is 1060 g/mol. The highest BCUT2D eigenvalue weighted by atomic mass is 35.5. The average molecular weight is 1130 g/mol. The van der Waals surface area contributed by atoms with Gasteiger partial charge in [-0.2, -0.15) is 46.9 Å². The first kappa shape index (κ1) is 60.5. The summed E-state index contributed by atoms with van der Waals surface area (Å²) in [6, 6.07) is 36.0. The summed E-state index contributed by atoms with van der Waals surface area (Å²) >= 11 is 4.71. The standard InChI is InChI=1S/C29H33N7O2.C26H31N7O.C3H3ClO.2H2S/c1-4-16-36-17-14-23(19-36)35(3)22-11-9-20(10-12-22)32-29-33-27-25(13-15-30-27)28(34-29)38-24-8-6-7-21(18-24)31-26(37)5-2;1-3-14-33-15-12-21(17-33)32(2)20-9-7-19(8-10-20)29-26-30-24-23(11-13-28-24)25(31-26)34-22-6-4-5-18(27)16-22;1-2-3(4)5;;/h5-13,15,18,23H,2,4,14,16-17,19H2,1,3H3,(H,31,37)(H2,30,32,33,34);4-11,13,16,21H,3,12,14-15,17,27H2,1-2H3,(H2,28,29,30,31);2H,1H2;2*1H2/t23-;21-;;;/m00.../s1. The minimum atomic E-state index is -0.509. The molecule has 4 aromatic carbocycles. The summed E-state index contributed by atoms with van der Waals surface area (Å²) < 4.78 is 12.2. The molecule has 8 aromatic rings. The van der Waals surface area contributed by atoms with Crippen molar-refractivity contribution in [2.24, 2.45) is 0 Å². The summed E-state index contributed by atoms with van der Waals surface area (Å²) in [5.41, 5.74) is 12.7. The van der Waals surface area contributed by atoms with E-state index in [1.54, 1.807) is 36.5 Å². The molecule has 416 valence electrons. The summed E-state index contributed by atoms with van der Waals surface area (Å²) in [7, 11) is 4.36. The SMILES string of the molecule is C=CC(=O)Cl.C=CC(=O)Nc1cccc(Oc2nc(Nc3ccc(N(C)[C@H]4CCN(CCC)C4)cc3)nc3[nH]ccc23)c1.CCCN1CC[C@H](N(C)c2ccc(Nc3nc(Oc4cccc(N)c4)c4cc[nH]c4n3)cc2)C1.S.S. The van der Waals surface area contributed by atoms with Crippen molar-refractivity contribution in [3.8, 4) is 23.3 Å². The number of carbonyl (C=O) groups is 2. The zero-order chi connectivity index (χ0) is 54.3. The van der Waals surface area contributed by atoms with Gasteiger partial charge in [0.15, 0.2) is 0 Å². The van der Waals surface area contributed by atoms with Crippen LogP contribution in [0.1, 0.15) is 39.5 Å². The van der Waals surface area contributed by atoms with Gasteiger partial charge < -0.3 is 60.7 Å². The third kappa shape index (κ3) is 16.6. The van der Waals surface area contributed by atoms with Gasteiger partial charge in [-0.3, -0.25) is 9.59 Å². The normalized spacial score (nSPS) is 14.7. The van der Waals surface area contributed by atoms with Crippen LogP contribution >= 0.6 is 38.6 Å². The van der Waals surface area contributed by atoms with Gasteiger partial charge in [0, 0.05) is 111 Å². The van der Waals surface area contributed by atoms with Crippen LogP contribution in [-0.4, -0.2) is 116 Å². The number of ether oxygens (including phenoxy) is 2. The van der Waals surface area contributed by atoms with Crippen molar-refractivity contribution in [1.82, 2.24) is 39.7 Å². The van der Waals surface area contributed by atoms with Crippen LogP contribution in [0.15, 0.2) is 147 Å². The maximum atomic E-state index is 11.7. The molecule has 6 heterocycles. The minimum absolute atomic E-state index is 0. The first-order valence-electron chi connectivity index (χ1n) is 25.8. The number of likely N-dealkylation sites (N-methyl/N-ethyl adjacent to an activating group) is 2. The molecule has 79 heavy (non-hydrogen) atoms. The molecule has 2 aliphatic rings. The Hall–Kier alpha value is -7.75. The van der Waals surface area contributed by atoms with E-state index in [-0.39, 0.29) is 32.9 Å². The van der Waals surface area contributed by atoms with E-state index in [4.69, 9.17) is 26.8 Å². The number of amides is 1. The Bertz CT molecular complexity index is 3270. The lowest BCUT2D eigenvalue weighted by molar-refractivity contribution is -0.112. The van der Waals surface area contributed by atoms with Crippen LogP contribution in [0.4, 0.5) is 46.0 Å². The van der Waals surface area contributed by atoms with Crippen LogP contribution in [0.5, 0.6) is 23.3 Å². The van der Waals surface area contributed by atoms with E-state index in [9.17, 15) is 9.59 Å². The number of anilines is 8. The Labute approximate surface area is 480 Å². The molecule has 2 atom stereocenters. The molecule has 4 aromatic heterocycles. The molecule has 0 unspecified atom stereocenters. The number of nitrogen functional groups attached to an aromatic ring is 1. The number of fused-ring (bicyclic) bond motifs is 2. The summed E-state index contributed by atoms with van der Waals surface area (Å²) in [5.74, 6) is 2.62. The lowest BCUT2D eigenvalue weighted by Crippen LogP contribution is -2.34. The Morgan fingerprint density at radius 3 is 1.56 bits per heavy atom. The molecule has 0 spiro atoms. The predicted octanol–water partition coefficient (Wildman–Crippen LogP) is 11.7. The third-order valence-corrected chi connectivity index (χ3v) is 13.4. The summed E-state index contributed by atoms with van der Waals surface area (Å²) in [6.45, 7) is 18.0. The molecule has 18 nitrogen and oxygen atoms in total. The number of benzene rings is 4. The van der Waals surface area contributed by atoms with Crippen LogP contribution in [-0.2, 0) is 9.59 Å². The fourth-order valence-electron chi connectivity index (χ4n) is 9.26. The van der Waals surface area contributed by atoms with Gasteiger partial charge in [0.05, 0.1) is 10.8 Å². The number of H-pyrrole nitrogens is 2. The Balaban J connectivity index is 0.000000231. The quantitative estimate of drug-likeness (QED) is 0.0253. The smallest absolute Gasteiger partial charge is 0.247 e. The second kappa shape index (κ2) is 29.3. The topological polar surface area (TPSA) is 211 Å². The van der Waals surface area contributed by atoms with E-state index in [1.165, 1.54) is 69.3 Å². The number of rotatable bonds is 19. The molecule has 0 bridgehead atoms. The number of nitrogens with one attached hydrogen (secondary N) is 5. The number of aromatic nitrogens is 6. The zero-order valence-corrected chi connectivity index (χ0v) is 47.8. The maximum absolute atomic E-state index is 11.7. The first-order chi connectivity index (χ1) is 37.4. The van der Waals surface area contributed by atoms with Crippen LogP contribution in [0.2, 0.25) is 0 Å². The van der Waals surface area contributed by atoms with E-state index in [0.717, 1.165) is 41.3 Å². The molecule has 0 saturated carbocycles. The molecule has 1 amide bonds. The maximum Gasteiger partial charge on any atom is 0.247 e. The van der Waals surface area contributed by atoms with Gasteiger partial charge in [0.2, 0.25) is 34.8 Å². The fraction of sp³-hybridized carbons (Fsp3) is 0.276. The van der Waals surface area contributed by atoms with Crippen molar-refractivity contribution in [3.63, 3.8) is 0 Å². The van der Waals surface area contributed by atoms with Gasteiger partial charge >= 0.3 is 0 Å². The summed E-state index contributed by atoms with van der Waals surface area (Å²) in [5, 5.41) is 10.4. The van der Waals surface area contributed by atoms with Gasteiger partial charge in [-0.1, -0.05) is 39.1 Å². The fourth-order valence-corrected chi connectivity index (χ4v) is 9.26. The van der Waals surface area contributed by atoms with Gasteiger partial charge in [0.1, 0.15) is 22.8 Å². The lowest BCUT2D eigenvalue weighted by Gasteiger charge is -2.27. The second-order valence-electron chi connectivity index (χ2n) is 18.7. The largest absolute Gasteiger partial charge is 0.438 e. The van der Waals surface area contributed by atoms with Crippen molar-refractivity contribution >= 4 is 118 Å². The number of nitrogens with zero attached hydrogens (tertiary/aromatic N) is 8. The number of likely N-dealkylation sites (tertiary alicyclic amines) is 2. The van der Waals surface area contributed by atoms with Crippen molar-refractivity contribution in [2.45, 2.75) is 51.6 Å². The van der Waals surface area contributed by atoms with Gasteiger partial charge in [0.25, 0.3) is 0 Å². The van der Waals surface area contributed by atoms with E-state index < -0.39 is 5.24 Å². The first-order valence-corrected chi connectivity index (χ1v) is 26.2. The Kier molecular flexibility index (Phi) is 22.4. The number of allylic oxidation sites excluding steroid dienone is 1. The average Bonchev–Trinajstić information content (AvgIpc) is 4.33. The molecule has 2 aliphatic heterocycles. The van der Waals surface area contributed by atoms with Crippen molar-refractivity contribution < 1.29 is 19.1 Å². The van der Waals surface area contributed by atoms with Crippen molar-refractivity contribution in [1.29, 1.82) is 0 Å². The van der Waals surface area contributed by atoms with Gasteiger partial charge in [-0.25, -0.2) is 0 Å². The predicted molar refractivity (Wildman–Crippen MR) is 332 cm³/mol. The molecule has 10 rings (SSSR count). The van der Waals surface area contributed by atoms with E-state index in [1.807, 2.05) is 48.7 Å². The third-order valence-electron chi connectivity index (χ3n) is 13.2. The lowest BCUT2D eigenvalue weighted by atomic mass is 10.2. The molecule has 21 heteroatoms. The number of nitrogens with two attached hydrogens (primary N) is 1. The van der Waals surface area contributed by atoms with E-state index in [2.05, 4.69) is 143 Å². The molecule has 0 radical (unpaired) electrons. The summed E-state index contributed by atoms with van der Waals surface area (Å²) in [4.78, 5) is 55.7. The van der Waals surface area contributed by atoms with Crippen LogP contribution in [0, 0.1) is 0 Å². The highest BCUT2D eigenvalue weighted by Crippen LogP contribution is 2.33. The zero-order valence-electron chi connectivity index (χ0n) is 45.0. The number of halogens is 1. The highest BCUT2D eigenvalue weighted by molar-refractivity contribution is 7.59. The number of carbonyl (C=O) groups excluding carboxylic acids is 2. The summed E-state index contributed by atoms with van der Waals surface area (Å²) in [6.07, 6.45) is 10.7. The molecule has 2 saturated heterocycles. The van der Waals surface area contributed by atoms with Crippen LogP contribution in [0.3, 0.4) is 0 Å². The molecule has 7 N–H and O–H groups in total. The van der Waals surface area contributed by atoms with Crippen molar-refractivity contribution in [3.05, 3.63) is 147 Å². The van der Waals surface area contributed by atoms with E-state index in [0.29, 0.717) is 69.9 Å². The van der Waals surface area contributed by atoms with Gasteiger partial charge in [-0.15, -0.1) is 0 Å². The Morgan fingerprint density at radius 1 is 0.671 bits per heavy atom. The molecular formula is C58H71ClN14O4S2. The number of hydrogen-bond acceptors (Lipinski definition) is 15. The molecule has 2 fully saturated rings. The molecule has 0 aliphatic carbocycles. The second-order valence-corrected chi connectivity index (χ2v) is 19.1. The minimum Gasteiger partial charge on any atom is -0.438 e. The Morgan fingerprint density at radius 2 is 1.13 bits per heavy atom. The van der Waals surface area contributed by atoms with Crippen LogP contribution < -0.4 is 41.0 Å². The monoisotopic (exact) mass is 1130 g/mol. The van der Waals surface area contributed by atoms with E-state index >= 15 is 0 Å². The van der Waals surface area contributed by atoms with Crippen LogP contribution in [0.25, 0.3) is 22.1 Å². The number of hydrogen-bond donors (Lipinski definition) is 6. The highest BCUT2D eigenvalue weighted by Gasteiger charge is 2.27. The number of aromatic amines is 2. The van der Waals surface area contributed by atoms with Crippen molar-refractivity contribution in [2.75, 3.05) is 84.8 Å². The van der Waals surface area contributed by atoms with Gasteiger partial charge in [-0.05, 0) is 147 Å².